The Labute approximate surface area is 120 Å². The first-order valence-corrected chi connectivity index (χ1v) is 7.74. The van der Waals surface area contributed by atoms with E-state index >= 15 is 0 Å². The summed E-state index contributed by atoms with van der Waals surface area (Å²) in [7, 11) is 0. The molecule has 0 amide bonds. The molecule has 3 nitrogen and oxygen atoms in total. The minimum atomic E-state index is -0.305. The molecule has 0 aliphatic heterocycles. The standard InChI is InChI=1S/C16H25FN2O/c1-3-12-6-5-7-15(8-12)20-16-13(10-18-4-2)9-14(17)11-19-16/h9,11-12,15,18H,3-8,10H2,1-2H3. The lowest BCUT2D eigenvalue weighted by atomic mass is 9.85. The van der Waals surface area contributed by atoms with Crippen LogP contribution in [0.1, 0.15) is 51.5 Å². The van der Waals surface area contributed by atoms with Crippen molar-refractivity contribution < 1.29 is 9.13 Å². The second-order valence-electron chi connectivity index (χ2n) is 5.58. The number of nitrogens with zero attached hydrogens (tertiary/aromatic N) is 1. The summed E-state index contributed by atoms with van der Waals surface area (Å²) in [6.45, 7) is 5.71. The lowest BCUT2D eigenvalue weighted by Gasteiger charge is -2.29. The molecule has 0 saturated heterocycles. The Morgan fingerprint density at radius 2 is 2.25 bits per heavy atom. The van der Waals surface area contributed by atoms with E-state index in [2.05, 4.69) is 17.2 Å². The van der Waals surface area contributed by atoms with Crippen molar-refractivity contribution >= 4 is 0 Å². The molecule has 1 fully saturated rings. The van der Waals surface area contributed by atoms with Crippen molar-refractivity contribution in [1.29, 1.82) is 0 Å². The maximum Gasteiger partial charge on any atom is 0.218 e. The molecule has 2 unspecified atom stereocenters. The van der Waals surface area contributed by atoms with E-state index in [0.717, 1.165) is 30.9 Å². The van der Waals surface area contributed by atoms with Gasteiger partial charge in [0.05, 0.1) is 6.20 Å². The predicted molar refractivity (Wildman–Crippen MR) is 78.2 cm³/mol. The number of aromatic nitrogens is 1. The minimum Gasteiger partial charge on any atom is -0.474 e. The monoisotopic (exact) mass is 280 g/mol. The number of halogens is 1. The molecule has 1 N–H and O–H groups in total. The predicted octanol–water partition coefficient (Wildman–Crippen LogP) is 3.68. The summed E-state index contributed by atoms with van der Waals surface area (Å²) in [5.41, 5.74) is 0.811. The number of ether oxygens (including phenoxy) is 1. The first-order chi connectivity index (χ1) is 9.72. The van der Waals surface area contributed by atoms with Gasteiger partial charge < -0.3 is 10.1 Å². The number of hydrogen-bond acceptors (Lipinski definition) is 3. The van der Waals surface area contributed by atoms with Crippen LogP contribution in [0.5, 0.6) is 5.88 Å². The molecule has 2 atom stereocenters. The molecule has 1 saturated carbocycles. The van der Waals surface area contributed by atoms with Crippen LogP contribution >= 0.6 is 0 Å². The summed E-state index contributed by atoms with van der Waals surface area (Å²) in [5.74, 6) is 1.04. The normalized spacial score (nSPS) is 22.8. The molecule has 1 aliphatic carbocycles. The average Bonchev–Trinajstić information content (AvgIpc) is 2.47. The van der Waals surface area contributed by atoms with Gasteiger partial charge in [0.15, 0.2) is 0 Å². The Hall–Kier alpha value is -1.16. The third-order valence-corrected chi connectivity index (χ3v) is 4.05. The molecule has 1 aliphatic rings. The van der Waals surface area contributed by atoms with Crippen molar-refractivity contribution in [2.24, 2.45) is 5.92 Å². The number of hydrogen-bond donors (Lipinski definition) is 1. The molecule has 0 aromatic carbocycles. The molecule has 0 radical (unpaired) electrons. The maximum atomic E-state index is 13.3. The summed E-state index contributed by atoms with van der Waals surface area (Å²) in [5, 5.41) is 3.20. The van der Waals surface area contributed by atoms with E-state index in [1.54, 1.807) is 0 Å². The first-order valence-electron chi connectivity index (χ1n) is 7.74. The van der Waals surface area contributed by atoms with Gasteiger partial charge in [-0.1, -0.05) is 26.7 Å². The SMILES string of the molecule is CCNCc1cc(F)cnc1OC1CCCC(CC)C1. The van der Waals surface area contributed by atoms with Crippen LogP contribution < -0.4 is 10.1 Å². The van der Waals surface area contributed by atoms with Crippen molar-refractivity contribution in [3.63, 3.8) is 0 Å². The Balaban J connectivity index is 2.03. The average molecular weight is 280 g/mol. The van der Waals surface area contributed by atoms with Crippen molar-refractivity contribution in [3.8, 4) is 5.88 Å². The first kappa shape index (κ1) is 15.2. The third kappa shape index (κ3) is 4.17. The van der Waals surface area contributed by atoms with Crippen LogP contribution in [0.2, 0.25) is 0 Å². The van der Waals surface area contributed by atoms with E-state index in [0.29, 0.717) is 12.4 Å². The van der Waals surface area contributed by atoms with Crippen LogP contribution in [0, 0.1) is 11.7 Å². The summed E-state index contributed by atoms with van der Waals surface area (Å²) in [6, 6.07) is 1.52. The van der Waals surface area contributed by atoms with Crippen molar-refractivity contribution in [3.05, 3.63) is 23.6 Å². The van der Waals surface area contributed by atoms with Gasteiger partial charge in [0.25, 0.3) is 0 Å². The molecular weight excluding hydrogens is 255 g/mol. The van der Waals surface area contributed by atoms with Gasteiger partial charge >= 0.3 is 0 Å². The largest absolute Gasteiger partial charge is 0.474 e. The third-order valence-electron chi connectivity index (χ3n) is 4.05. The van der Waals surface area contributed by atoms with Crippen LogP contribution in [0.4, 0.5) is 4.39 Å². The Kier molecular flexibility index (Phi) is 5.77. The minimum absolute atomic E-state index is 0.229. The van der Waals surface area contributed by atoms with Crippen LogP contribution in [-0.2, 0) is 6.54 Å². The lowest BCUT2D eigenvalue weighted by molar-refractivity contribution is 0.115. The van der Waals surface area contributed by atoms with Gasteiger partial charge in [0.1, 0.15) is 11.9 Å². The Morgan fingerprint density at radius 3 is 3.00 bits per heavy atom. The topological polar surface area (TPSA) is 34.2 Å². The smallest absolute Gasteiger partial charge is 0.218 e. The fourth-order valence-corrected chi connectivity index (χ4v) is 2.84. The summed E-state index contributed by atoms with van der Waals surface area (Å²) >= 11 is 0. The van der Waals surface area contributed by atoms with E-state index in [4.69, 9.17) is 4.74 Å². The van der Waals surface area contributed by atoms with Crippen LogP contribution in [-0.4, -0.2) is 17.6 Å². The van der Waals surface area contributed by atoms with Crippen molar-refractivity contribution in [1.82, 2.24) is 10.3 Å². The molecule has 1 aromatic rings. The zero-order valence-electron chi connectivity index (χ0n) is 12.5. The number of pyridine rings is 1. The highest BCUT2D eigenvalue weighted by Gasteiger charge is 2.23. The highest BCUT2D eigenvalue weighted by Crippen LogP contribution is 2.30. The molecule has 1 aromatic heterocycles. The van der Waals surface area contributed by atoms with Gasteiger partial charge in [0.2, 0.25) is 5.88 Å². The van der Waals surface area contributed by atoms with Crippen molar-refractivity contribution in [2.45, 2.75) is 58.6 Å². The zero-order valence-corrected chi connectivity index (χ0v) is 12.5. The fraction of sp³-hybridized carbons (Fsp3) is 0.688. The molecule has 112 valence electrons. The van der Waals surface area contributed by atoms with Crippen LogP contribution in [0.25, 0.3) is 0 Å². The Bertz CT molecular complexity index is 425. The van der Waals surface area contributed by atoms with Crippen molar-refractivity contribution in [2.75, 3.05) is 6.54 Å². The zero-order chi connectivity index (χ0) is 14.4. The second kappa shape index (κ2) is 7.58. The van der Waals surface area contributed by atoms with Gasteiger partial charge in [0, 0.05) is 12.1 Å². The molecule has 1 heterocycles. The second-order valence-corrected chi connectivity index (χ2v) is 5.58. The molecule has 0 bridgehead atoms. The number of nitrogens with one attached hydrogen (secondary N) is 1. The Morgan fingerprint density at radius 1 is 1.40 bits per heavy atom. The molecule has 2 rings (SSSR count). The highest BCUT2D eigenvalue weighted by atomic mass is 19.1. The quantitative estimate of drug-likeness (QED) is 0.863. The van der Waals surface area contributed by atoms with E-state index in [-0.39, 0.29) is 11.9 Å². The van der Waals surface area contributed by atoms with Crippen LogP contribution in [0.3, 0.4) is 0 Å². The summed E-state index contributed by atoms with van der Waals surface area (Å²) in [4.78, 5) is 4.14. The van der Waals surface area contributed by atoms with Gasteiger partial charge in [-0.25, -0.2) is 9.37 Å². The molecule has 4 heteroatoms. The maximum absolute atomic E-state index is 13.3. The lowest BCUT2D eigenvalue weighted by Crippen LogP contribution is -2.26. The van der Waals surface area contributed by atoms with E-state index in [1.807, 2.05) is 6.92 Å². The summed E-state index contributed by atoms with van der Waals surface area (Å²) in [6.07, 6.45) is 7.37. The van der Waals surface area contributed by atoms with Gasteiger partial charge in [-0.15, -0.1) is 0 Å². The van der Waals surface area contributed by atoms with E-state index in [1.165, 1.54) is 31.5 Å². The van der Waals surface area contributed by atoms with E-state index < -0.39 is 0 Å². The fourth-order valence-electron chi connectivity index (χ4n) is 2.84. The molecule has 20 heavy (non-hydrogen) atoms. The van der Waals surface area contributed by atoms with Crippen LogP contribution in [0.15, 0.2) is 12.3 Å². The van der Waals surface area contributed by atoms with Gasteiger partial charge in [-0.05, 0) is 37.8 Å². The molecule has 0 spiro atoms. The van der Waals surface area contributed by atoms with E-state index in [9.17, 15) is 4.39 Å². The summed E-state index contributed by atoms with van der Waals surface area (Å²) < 4.78 is 19.4. The van der Waals surface area contributed by atoms with Gasteiger partial charge in [-0.3, -0.25) is 0 Å². The van der Waals surface area contributed by atoms with Gasteiger partial charge in [-0.2, -0.15) is 0 Å². The number of rotatable bonds is 6. The highest BCUT2D eigenvalue weighted by molar-refractivity contribution is 5.26. The molecular formula is C16H25FN2O.